The average Bonchev–Trinajstić information content (AvgIpc) is 2.69. The van der Waals surface area contributed by atoms with Crippen LogP contribution in [0.4, 0.5) is 4.39 Å². The van der Waals surface area contributed by atoms with Gasteiger partial charge in [-0.2, -0.15) is 0 Å². The summed E-state index contributed by atoms with van der Waals surface area (Å²) in [6.45, 7) is 1.78. The molecule has 9 heteroatoms. The van der Waals surface area contributed by atoms with Crippen LogP contribution in [0.15, 0.2) is 41.6 Å². The number of halogens is 4. The van der Waals surface area contributed by atoms with E-state index in [4.69, 9.17) is 44.4 Å². The molecule has 5 nitrogen and oxygen atoms in total. The first-order chi connectivity index (χ1) is 14.3. The summed E-state index contributed by atoms with van der Waals surface area (Å²) in [5.74, 6) is -3.05. The molecule has 2 aromatic rings. The Kier molecular flexibility index (Phi) is 9.56. The van der Waals surface area contributed by atoms with E-state index in [-0.39, 0.29) is 36.6 Å². The van der Waals surface area contributed by atoms with Crippen molar-refractivity contribution in [3.05, 3.63) is 68.4 Å². The van der Waals surface area contributed by atoms with Crippen LogP contribution in [0, 0.1) is 11.7 Å². The monoisotopic (exact) mass is 473 g/mol. The van der Waals surface area contributed by atoms with E-state index in [1.54, 1.807) is 25.1 Å². The van der Waals surface area contributed by atoms with Crippen molar-refractivity contribution in [3.8, 4) is 0 Å². The van der Waals surface area contributed by atoms with Crippen LogP contribution in [0.25, 0.3) is 0 Å². The predicted molar refractivity (Wildman–Crippen MR) is 115 cm³/mol. The van der Waals surface area contributed by atoms with E-state index in [1.807, 2.05) is 0 Å². The number of rotatable bonds is 10. The van der Waals surface area contributed by atoms with E-state index in [0.717, 1.165) is 0 Å². The first kappa shape index (κ1) is 24.1. The zero-order valence-corrected chi connectivity index (χ0v) is 18.3. The van der Waals surface area contributed by atoms with Crippen LogP contribution in [0.1, 0.15) is 24.5 Å². The van der Waals surface area contributed by atoms with Gasteiger partial charge in [0.15, 0.2) is 5.78 Å². The Bertz CT molecular complexity index is 916. The van der Waals surface area contributed by atoms with Gasteiger partial charge in [-0.25, -0.2) is 4.39 Å². The van der Waals surface area contributed by atoms with Gasteiger partial charge in [0.25, 0.3) is 0 Å². The maximum absolute atomic E-state index is 14.1. The molecule has 0 aliphatic rings. The van der Waals surface area contributed by atoms with E-state index in [2.05, 4.69) is 5.16 Å². The van der Waals surface area contributed by atoms with E-state index < -0.39 is 23.5 Å². The molecule has 0 saturated carbocycles. The lowest BCUT2D eigenvalue weighted by atomic mass is 9.93. The van der Waals surface area contributed by atoms with E-state index in [0.29, 0.717) is 15.6 Å². The number of ketones is 1. The van der Waals surface area contributed by atoms with Gasteiger partial charge in [-0.15, -0.1) is 0 Å². The third-order valence-electron chi connectivity index (χ3n) is 4.11. The Labute approximate surface area is 188 Å². The highest BCUT2D eigenvalue weighted by Gasteiger charge is 2.29. The standard InChI is InChI=1S/C21H19Cl3FNO4/c1-2-29-21(28)16(11-15-17(23)4-3-5-19(15)25)20(27)8-9-26-30-12-13-6-7-14(22)10-18(13)24/h3-7,9-10,16H,2,8,11-12H2,1H3/b26-9-/t16-/m0/s1. The van der Waals surface area contributed by atoms with Crippen LogP contribution in [0.2, 0.25) is 15.1 Å². The minimum absolute atomic E-state index is 0.0762. The normalized spacial score (nSPS) is 12.0. The van der Waals surface area contributed by atoms with Crippen molar-refractivity contribution in [3.63, 3.8) is 0 Å². The molecular formula is C21H19Cl3FNO4. The molecule has 0 bridgehead atoms. The Morgan fingerprint density at radius 2 is 1.93 bits per heavy atom. The molecule has 0 unspecified atom stereocenters. The minimum atomic E-state index is -1.21. The summed E-state index contributed by atoms with van der Waals surface area (Å²) in [6, 6.07) is 9.08. The zero-order valence-electron chi connectivity index (χ0n) is 16.0. The Hall–Kier alpha value is -2.15. The van der Waals surface area contributed by atoms with Crippen LogP contribution in [0.5, 0.6) is 0 Å². The summed E-state index contributed by atoms with van der Waals surface area (Å²) in [6.07, 6.45) is 0.809. The van der Waals surface area contributed by atoms with Gasteiger partial charge in [-0.3, -0.25) is 9.59 Å². The van der Waals surface area contributed by atoms with Crippen molar-refractivity contribution in [2.45, 2.75) is 26.4 Å². The van der Waals surface area contributed by atoms with Gasteiger partial charge in [-0.05, 0) is 37.6 Å². The molecule has 1 atom stereocenters. The van der Waals surface area contributed by atoms with Gasteiger partial charge in [0.05, 0.1) is 12.8 Å². The van der Waals surface area contributed by atoms with Crippen LogP contribution >= 0.6 is 34.8 Å². The molecule has 2 aromatic carbocycles. The number of carbonyl (C=O) groups is 2. The van der Waals surface area contributed by atoms with Crippen LogP contribution in [0.3, 0.4) is 0 Å². The fourth-order valence-corrected chi connectivity index (χ4v) is 3.27. The van der Waals surface area contributed by atoms with E-state index in [1.165, 1.54) is 24.4 Å². The third kappa shape index (κ3) is 6.97. The highest BCUT2D eigenvalue weighted by molar-refractivity contribution is 6.35. The third-order valence-corrected chi connectivity index (χ3v) is 5.05. The number of nitrogens with zero attached hydrogens (tertiary/aromatic N) is 1. The first-order valence-corrected chi connectivity index (χ1v) is 10.2. The molecule has 0 spiro atoms. The second kappa shape index (κ2) is 11.9. The molecule has 0 aliphatic carbocycles. The Balaban J connectivity index is 2.00. The maximum Gasteiger partial charge on any atom is 0.316 e. The summed E-state index contributed by atoms with van der Waals surface area (Å²) in [5.41, 5.74) is 0.749. The number of hydrogen-bond acceptors (Lipinski definition) is 5. The van der Waals surface area contributed by atoms with Gasteiger partial charge in [-0.1, -0.05) is 52.1 Å². The molecule has 0 saturated heterocycles. The quantitative estimate of drug-likeness (QED) is 0.193. The molecule has 0 aliphatic heterocycles. The average molecular weight is 475 g/mol. The lowest BCUT2D eigenvalue weighted by molar-refractivity contribution is -0.151. The largest absolute Gasteiger partial charge is 0.465 e. The lowest BCUT2D eigenvalue weighted by Gasteiger charge is -2.15. The van der Waals surface area contributed by atoms with Crippen molar-refractivity contribution in [1.82, 2.24) is 0 Å². The predicted octanol–water partition coefficient (Wildman–Crippen LogP) is 5.67. The highest BCUT2D eigenvalue weighted by Crippen LogP contribution is 2.24. The lowest BCUT2D eigenvalue weighted by Crippen LogP contribution is -2.29. The summed E-state index contributed by atoms with van der Waals surface area (Å²) >= 11 is 17.9. The highest BCUT2D eigenvalue weighted by atomic mass is 35.5. The number of Topliss-reactive ketones (excluding diaryl/α,β-unsaturated/α-hetero) is 1. The fourth-order valence-electron chi connectivity index (χ4n) is 2.57. The molecule has 0 aromatic heterocycles. The molecule has 0 fully saturated rings. The summed E-state index contributed by atoms with van der Waals surface area (Å²) < 4.78 is 19.0. The van der Waals surface area contributed by atoms with Crippen LogP contribution in [-0.2, 0) is 32.2 Å². The van der Waals surface area contributed by atoms with Gasteiger partial charge >= 0.3 is 5.97 Å². The van der Waals surface area contributed by atoms with E-state index >= 15 is 0 Å². The Morgan fingerprint density at radius 1 is 1.17 bits per heavy atom. The summed E-state index contributed by atoms with van der Waals surface area (Å²) in [5, 5.41) is 4.77. The SMILES string of the molecule is CCOC(=O)[C@@H](Cc1c(F)cccc1Cl)C(=O)C/C=N\OCc1ccc(Cl)cc1Cl. The van der Waals surface area contributed by atoms with Gasteiger partial charge in [0.2, 0.25) is 0 Å². The molecule has 2 rings (SSSR count). The summed E-state index contributed by atoms with van der Waals surface area (Å²) in [4.78, 5) is 29.9. The van der Waals surface area contributed by atoms with Crippen LogP contribution in [-0.4, -0.2) is 24.6 Å². The van der Waals surface area contributed by atoms with Crippen molar-refractivity contribution in [2.75, 3.05) is 6.61 Å². The second-order valence-electron chi connectivity index (χ2n) is 6.18. The molecule has 0 N–H and O–H groups in total. The van der Waals surface area contributed by atoms with Gasteiger partial charge in [0.1, 0.15) is 18.3 Å². The molecule has 0 heterocycles. The number of esters is 1. The zero-order chi connectivity index (χ0) is 22.1. The molecule has 0 radical (unpaired) electrons. The number of ether oxygens (including phenoxy) is 1. The van der Waals surface area contributed by atoms with Gasteiger partial charge in [0, 0.05) is 32.6 Å². The number of hydrogen-bond donors (Lipinski definition) is 0. The molecule has 0 amide bonds. The topological polar surface area (TPSA) is 65.0 Å². The number of carbonyl (C=O) groups excluding carboxylic acids is 2. The molecular weight excluding hydrogens is 456 g/mol. The smallest absolute Gasteiger partial charge is 0.316 e. The van der Waals surface area contributed by atoms with Crippen molar-refractivity contribution >= 4 is 52.8 Å². The van der Waals surface area contributed by atoms with Gasteiger partial charge < -0.3 is 9.57 Å². The Morgan fingerprint density at radius 3 is 2.60 bits per heavy atom. The van der Waals surface area contributed by atoms with Crippen molar-refractivity contribution in [2.24, 2.45) is 11.1 Å². The van der Waals surface area contributed by atoms with Crippen LogP contribution < -0.4 is 0 Å². The second-order valence-corrected chi connectivity index (χ2v) is 7.43. The number of oxime groups is 1. The fraction of sp³-hybridized carbons (Fsp3) is 0.286. The molecule has 160 valence electrons. The first-order valence-electron chi connectivity index (χ1n) is 9.03. The maximum atomic E-state index is 14.1. The molecule has 30 heavy (non-hydrogen) atoms. The van der Waals surface area contributed by atoms with E-state index in [9.17, 15) is 14.0 Å². The summed E-state index contributed by atoms with van der Waals surface area (Å²) in [7, 11) is 0. The van der Waals surface area contributed by atoms with Crippen molar-refractivity contribution in [1.29, 1.82) is 0 Å². The van der Waals surface area contributed by atoms with Crippen molar-refractivity contribution < 1.29 is 23.6 Å². The minimum Gasteiger partial charge on any atom is -0.465 e. The number of benzene rings is 2.